The molecule has 0 aromatic heterocycles. The molecule has 0 bridgehead atoms. The minimum absolute atomic E-state index is 0.405. The molecule has 0 radical (unpaired) electrons. The summed E-state index contributed by atoms with van der Waals surface area (Å²) in [5, 5.41) is 3.65. The lowest BCUT2D eigenvalue weighted by Crippen LogP contribution is -2.32. The lowest BCUT2D eigenvalue weighted by Gasteiger charge is -2.27. The summed E-state index contributed by atoms with van der Waals surface area (Å²) in [5.74, 6) is 0.977. The molecule has 1 aliphatic rings. The molecular formula is C15H31NO. The van der Waals surface area contributed by atoms with Gasteiger partial charge in [0, 0.05) is 13.2 Å². The fourth-order valence-electron chi connectivity index (χ4n) is 2.97. The van der Waals surface area contributed by atoms with Gasteiger partial charge in [-0.1, -0.05) is 39.0 Å². The number of ether oxygens (including phenoxy) is 1. The van der Waals surface area contributed by atoms with Gasteiger partial charge < -0.3 is 10.1 Å². The minimum Gasteiger partial charge on any atom is -0.382 e. The van der Waals surface area contributed by atoms with Gasteiger partial charge in [0.15, 0.2) is 0 Å². The topological polar surface area (TPSA) is 21.3 Å². The summed E-state index contributed by atoms with van der Waals surface area (Å²) in [4.78, 5) is 0. The second-order valence-electron chi connectivity index (χ2n) is 5.62. The minimum atomic E-state index is 0.405. The summed E-state index contributed by atoms with van der Waals surface area (Å²) in [6, 6.07) is 0.709. The van der Waals surface area contributed by atoms with E-state index in [-0.39, 0.29) is 0 Å². The van der Waals surface area contributed by atoms with Crippen LogP contribution in [0.15, 0.2) is 0 Å². The highest BCUT2D eigenvalue weighted by molar-refractivity contribution is 4.75. The number of methoxy groups -OCH3 is 1. The van der Waals surface area contributed by atoms with Crippen LogP contribution in [0.3, 0.4) is 0 Å². The van der Waals surface area contributed by atoms with Crippen molar-refractivity contribution in [2.45, 2.75) is 77.4 Å². The summed E-state index contributed by atoms with van der Waals surface area (Å²) in [7, 11) is 1.81. The van der Waals surface area contributed by atoms with Gasteiger partial charge in [-0.15, -0.1) is 0 Å². The van der Waals surface area contributed by atoms with Crippen LogP contribution in [0.5, 0.6) is 0 Å². The quantitative estimate of drug-likeness (QED) is 0.699. The Kier molecular flexibility index (Phi) is 7.87. The van der Waals surface area contributed by atoms with Crippen LogP contribution in [0.1, 0.15) is 65.2 Å². The van der Waals surface area contributed by atoms with Crippen LogP contribution in [0, 0.1) is 5.92 Å². The molecule has 1 saturated carbocycles. The lowest BCUT2D eigenvalue weighted by atomic mass is 9.84. The zero-order chi connectivity index (χ0) is 12.5. The van der Waals surface area contributed by atoms with Crippen LogP contribution in [-0.2, 0) is 4.74 Å². The first-order valence-electron chi connectivity index (χ1n) is 7.52. The van der Waals surface area contributed by atoms with Gasteiger partial charge in [0.2, 0.25) is 0 Å². The van der Waals surface area contributed by atoms with Gasteiger partial charge in [-0.3, -0.25) is 0 Å². The van der Waals surface area contributed by atoms with Crippen molar-refractivity contribution in [3.63, 3.8) is 0 Å². The molecule has 0 aromatic carbocycles. The zero-order valence-electron chi connectivity index (χ0n) is 12.0. The third-order valence-electron chi connectivity index (χ3n) is 4.16. The summed E-state index contributed by atoms with van der Waals surface area (Å²) in [6.07, 6.45) is 11.5. The van der Waals surface area contributed by atoms with Crippen LogP contribution < -0.4 is 5.32 Å². The van der Waals surface area contributed by atoms with Gasteiger partial charge in [0.1, 0.15) is 0 Å². The predicted molar refractivity (Wildman–Crippen MR) is 74.4 cm³/mol. The third kappa shape index (κ3) is 6.42. The molecule has 17 heavy (non-hydrogen) atoms. The van der Waals surface area contributed by atoms with E-state index < -0.39 is 0 Å². The monoisotopic (exact) mass is 241 g/mol. The molecule has 0 aromatic rings. The molecule has 0 spiro atoms. The molecule has 0 aliphatic heterocycles. The van der Waals surface area contributed by atoms with E-state index in [0.717, 1.165) is 12.5 Å². The molecule has 2 nitrogen and oxygen atoms in total. The molecule has 1 rings (SSSR count). The highest BCUT2D eigenvalue weighted by Gasteiger charge is 2.18. The van der Waals surface area contributed by atoms with Crippen molar-refractivity contribution in [3.8, 4) is 0 Å². The Morgan fingerprint density at radius 1 is 1.18 bits per heavy atom. The molecule has 2 heteroatoms. The molecule has 1 N–H and O–H groups in total. The van der Waals surface area contributed by atoms with Crippen molar-refractivity contribution in [1.82, 2.24) is 5.32 Å². The fourth-order valence-corrected chi connectivity index (χ4v) is 2.97. The predicted octanol–water partition coefficient (Wildman–Crippen LogP) is 3.75. The standard InChI is InChI=1S/C15H31NO/c1-4-16-15(11-10-13(2)17-3)12-14-8-6-5-7-9-14/h13-16H,4-12H2,1-3H3. The van der Waals surface area contributed by atoms with Gasteiger partial charge in [-0.05, 0) is 38.6 Å². The Balaban J connectivity index is 2.25. The normalized spacial score (nSPS) is 21.4. The van der Waals surface area contributed by atoms with Crippen molar-refractivity contribution < 1.29 is 4.74 Å². The number of rotatable bonds is 8. The molecule has 1 fully saturated rings. The zero-order valence-corrected chi connectivity index (χ0v) is 12.0. The third-order valence-corrected chi connectivity index (χ3v) is 4.16. The van der Waals surface area contributed by atoms with E-state index in [1.54, 1.807) is 0 Å². The Bertz CT molecular complexity index is 178. The van der Waals surface area contributed by atoms with Crippen LogP contribution in [0.25, 0.3) is 0 Å². The van der Waals surface area contributed by atoms with Gasteiger partial charge in [0.05, 0.1) is 6.10 Å². The van der Waals surface area contributed by atoms with Gasteiger partial charge in [-0.2, -0.15) is 0 Å². The van der Waals surface area contributed by atoms with E-state index in [1.165, 1.54) is 51.4 Å². The lowest BCUT2D eigenvalue weighted by molar-refractivity contribution is 0.104. The Hall–Kier alpha value is -0.0800. The smallest absolute Gasteiger partial charge is 0.0543 e. The number of hydrogen-bond donors (Lipinski definition) is 1. The largest absolute Gasteiger partial charge is 0.382 e. The maximum absolute atomic E-state index is 5.34. The maximum Gasteiger partial charge on any atom is 0.0543 e. The average Bonchev–Trinajstić information content (AvgIpc) is 2.37. The van der Waals surface area contributed by atoms with E-state index in [1.807, 2.05) is 7.11 Å². The maximum atomic E-state index is 5.34. The van der Waals surface area contributed by atoms with Crippen LogP contribution >= 0.6 is 0 Å². The van der Waals surface area contributed by atoms with Crippen molar-refractivity contribution in [2.24, 2.45) is 5.92 Å². The van der Waals surface area contributed by atoms with Gasteiger partial charge >= 0.3 is 0 Å². The SMILES string of the molecule is CCNC(CCC(C)OC)CC1CCCCC1. The molecular weight excluding hydrogens is 210 g/mol. The van der Waals surface area contributed by atoms with Gasteiger partial charge in [-0.25, -0.2) is 0 Å². The second-order valence-corrected chi connectivity index (χ2v) is 5.62. The van der Waals surface area contributed by atoms with Crippen molar-refractivity contribution in [2.75, 3.05) is 13.7 Å². The Morgan fingerprint density at radius 3 is 2.47 bits per heavy atom. The molecule has 2 atom stereocenters. The first kappa shape index (κ1) is 15.0. The van der Waals surface area contributed by atoms with E-state index >= 15 is 0 Å². The van der Waals surface area contributed by atoms with Crippen LogP contribution in [-0.4, -0.2) is 25.8 Å². The summed E-state index contributed by atoms with van der Waals surface area (Å²) < 4.78 is 5.34. The first-order chi connectivity index (χ1) is 8.26. The van der Waals surface area contributed by atoms with E-state index in [4.69, 9.17) is 4.74 Å². The highest BCUT2D eigenvalue weighted by Crippen LogP contribution is 2.28. The molecule has 102 valence electrons. The van der Waals surface area contributed by atoms with Crippen molar-refractivity contribution >= 4 is 0 Å². The second kappa shape index (κ2) is 8.93. The summed E-state index contributed by atoms with van der Waals surface area (Å²) >= 11 is 0. The summed E-state index contributed by atoms with van der Waals surface area (Å²) in [6.45, 7) is 5.48. The molecule has 0 saturated heterocycles. The van der Waals surface area contributed by atoms with Crippen LogP contribution in [0.4, 0.5) is 0 Å². The van der Waals surface area contributed by atoms with E-state index in [0.29, 0.717) is 12.1 Å². The van der Waals surface area contributed by atoms with Crippen molar-refractivity contribution in [3.05, 3.63) is 0 Å². The van der Waals surface area contributed by atoms with E-state index in [9.17, 15) is 0 Å². The average molecular weight is 241 g/mol. The highest BCUT2D eigenvalue weighted by atomic mass is 16.5. The van der Waals surface area contributed by atoms with Gasteiger partial charge in [0.25, 0.3) is 0 Å². The molecule has 1 aliphatic carbocycles. The molecule has 0 heterocycles. The number of hydrogen-bond acceptors (Lipinski definition) is 2. The Labute approximate surface area is 108 Å². The molecule has 2 unspecified atom stereocenters. The van der Waals surface area contributed by atoms with Crippen molar-refractivity contribution in [1.29, 1.82) is 0 Å². The first-order valence-corrected chi connectivity index (χ1v) is 7.52. The van der Waals surface area contributed by atoms with Crippen LogP contribution in [0.2, 0.25) is 0 Å². The van der Waals surface area contributed by atoms with E-state index in [2.05, 4.69) is 19.2 Å². The molecule has 0 amide bonds. The fraction of sp³-hybridized carbons (Fsp3) is 1.00. The Morgan fingerprint density at radius 2 is 1.88 bits per heavy atom. The number of nitrogens with one attached hydrogen (secondary N) is 1. The summed E-state index contributed by atoms with van der Waals surface area (Å²) in [5.41, 5.74) is 0.